The Bertz CT molecular complexity index is 199. The van der Waals surface area contributed by atoms with Gasteiger partial charge in [-0.2, -0.15) is 0 Å². The van der Waals surface area contributed by atoms with E-state index in [1.807, 2.05) is 0 Å². The molecular weight excluding hydrogens is 280 g/mol. The van der Waals surface area contributed by atoms with Crippen molar-refractivity contribution in [2.45, 2.75) is 0 Å². The maximum Gasteiger partial charge on any atom is -0.0181 e. The molecule has 0 radical (unpaired) electrons. The van der Waals surface area contributed by atoms with Crippen molar-refractivity contribution in [1.82, 2.24) is 0 Å². The molecule has 1 heterocycles. The summed E-state index contributed by atoms with van der Waals surface area (Å²) in [5.74, 6) is 0. The number of thioether (sulfide) groups is 5. The van der Waals surface area contributed by atoms with E-state index in [4.69, 9.17) is 0 Å². The van der Waals surface area contributed by atoms with Crippen molar-refractivity contribution in [1.29, 1.82) is 0 Å². The van der Waals surface area contributed by atoms with Gasteiger partial charge >= 0.3 is 0 Å². The second-order valence-electron chi connectivity index (χ2n) is 2.04. The first-order chi connectivity index (χ1) is 7.50. The Kier molecular flexibility index (Phi) is 9.87. The zero-order valence-corrected chi connectivity index (χ0v) is 11.9. The molecule has 1 aliphatic heterocycles. The van der Waals surface area contributed by atoms with Crippen LogP contribution in [0, 0.1) is 0 Å². The van der Waals surface area contributed by atoms with E-state index in [0.717, 1.165) is 0 Å². The molecule has 0 bridgehead atoms. The molecule has 0 amide bonds. The molecular formula is C10H10S5. The van der Waals surface area contributed by atoms with Gasteiger partial charge in [0.15, 0.2) is 0 Å². The van der Waals surface area contributed by atoms with Crippen molar-refractivity contribution in [3.63, 3.8) is 0 Å². The summed E-state index contributed by atoms with van der Waals surface area (Å²) in [5, 5.41) is 20.7. The molecule has 1 rings (SSSR count). The van der Waals surface area contributed by atoms with Crippen LogP contribution in [-0.2, 0) is 0 Å². The van der Waals surface area contributed by atoms with Crippen molar-refractivity contribution < 1.29 is 0 Å². The van der Waals surface area contributed by atoms with E-state index in [1.165, 1.54) is 0 Å². The van der Waals surface area contributed by atoms with Gasteiger partial charge in [0.1, 0.15) is 0 Å². The molecule has 0 aliphatic carbocycles. The van der Waals surface area contributed by atoms with Crippen molar-refractivity contribution >= 4 is 58.8 Å². The van der Waals surface area contributed by atoms with Crippen LogP contribution in [0.5, 0.6) is 0 Å². The number of hydrogen-bond donors (Lipinski definition) is 0. The van der Waals surface area contributed by atoms with Crippen LogP contribution in [0.1, 0.15) is 0 Å². The quantitative estimate of drug-likeness (QED) is 0.533. The molecule has 15 heavy (non-hydrogen) atoms. The van der Waals surface area contributed by atoms with E-state index < -0.39 is 0 Å². The van der Waals surface area contributed by atoms with Crippen molar-refractivity contribution in [3.05, 3.63) is 54.1 Å². The lowest BCUT2D eigenvalue weighted by Gasteiger charge is -1.82. The van der Waals surface area contributed by atoms with Gasteiger partial charge in [-0.3, -0.25) is 0 Å². The Morgan fingerprint density at radius 3 is 0.533 bits per heavy atom. The van der Waals surface area contributed by atoms with Gasteiger partial charge in [-0.1, -0.05) is 0 Å². The van der Waals surface area contributed by atoms with Gasteiger partial charge < -0.3 is 0 Å². The Morgan fingerprint density at radius 1 is 0.267 bits per heavy atom. The topological polar surface area (TPSA) is 0 Å². The predicted octanol–water partition coefficient (Wildman–Crippen LogP) is 6.02. The summed E-state index contributed by atoms with van der Waals surface area (Å²) in [5.41, 5.74) is 0. The van der Waals surface area contributed by atoms with E-state index in [0.29, 0.717) is 0 Å². The Morgan fingerprint density at radius 2 is 0.400 bits per heavy atom. The molecule has 0 aromatic heterocycles. The molecule has 0 aromatic rings. The third-order valence-corrected chi connectivity index (χ3v) is 4.86. The fourth-order valence-corrected chi connectivity index (χ4v) is 3.57. The minimum absolute atomic E-state index is 1.69. The maximum absolute atomic E-state index is 2.07. The second kappa shape index (κ2) is 11.0. The normalized spacial score (nSPS) is 29.3. The molecule has 0 aromatic carbocycles. The van der Waals surface area contributed by atoms with Crippen molar-refractivity contribution in [2.75, 3.05) is 0 Å². The highest BCUT2D eigenvalue weighted by molar-refractivity contribution is 8.11. The smallest absolute Gasteiger partial charge is 0.0181 e. The van der Waals surface area contributed by atoms with Crippen LogP contribution in [0.25, 0.3) is 0 Å². The van der Waals surface area contributed by atoms with Crippen molar-refractivity contribution in [3.8, 4) is 0 Å². The van der Waals surface area contributed by atoms with E-state index in [-0.39, 0.29) is 0 Å². The molecule has 0 unspecified atom stereocenters. The summed E-state index contributed by atoms with van der Waals surface area (Å²) in [6.45, 7) is 0. The van der Waals surface area contributed by atoms with Crippen molar-refractivity contribution in [2.24, 2.45) is 0 Å². The van der Waals surface area contributed by atoms with Gasteiger partial charge in [0.05, 0.1) is 0 Å². The van der Waals surface area contributed by atoms with Crippen LogP contribution in [0.3, 0.4) is 0 Å². The third-order valence-electron chi connectivity index (χ3n) is 1.06. The summed E-state index contributed by atoms with van der Waals surface area (Å²) < 4.78 is 0. The molecule has 0 saturated carbocycles. The number of rotatable bonds is 0. The van der Waals surface area contributed by atoms with Gasteiger partial charge in [0.25, 0.3) is 0 Å². The van der Waals surface area contributed by atoms with Crippen LogP contribution in [0.2, 0.25) is 0 Å². The maximum atomic E-state index is 2.07. The molecule has 0 spiro atoms. The lowest BCUT2D eigenvalue weighted by molar-refractivity contribution is 2.45. The van der Waals surface area contributed by atoms with Gasteiger partial charge in [-0.15, -0.1) is 58.8 Å². The summed E-state index contributed by atoms with van der Waals surface area (Å²) in [6, 6.07) is 0. The van der Waals surface area contributed by atoms with Crippen LogP contribution < -0.4 is 0 Å². The Labute approximate surface area is 112 Å². The second-order valence-corrected chi connectivity index (χ2v) is 6.12. The molecule has 0 saturated heterocycles. The number of hydrogen-bond acceptors (Lipinski definition) is 5. The monoisotopic (exact) mass is 290 g/mol. The Hall–Kier alpha value is 0.450. The standard InChI is InChI=1S/C10H10S5/c1-2-12-5-6-14-9-10-15-8-7-13-4-3-11-1/h1-10H/b2-1-,4-3-,6-5-,8-7-,10-9-. The predicted molar refractivity (Wildman–Crippen MR) is 83.7 cm³/mol. The lowest BCUT2D eigenvalue weighted by atomic mass is 11.2. The molecule has 80 valence electrons. The largest absolute Gasteiger partial charge is 0.105 e. The zero-order chi connectivity index (χ0) is 10.6. The minimum Gasteiger partial charge on any atom is -0.105 e. The fourth-order valence-electron chi connectivity index (χ4n) is 0.548. The third kappa shape index (κ3) is 9.38. The SMILES string of the molecule is C1=C\S/C=C\S/C=C\S/C=C\S/C=C\S/1. The average molecular weight is 291 g/mol. The van der Waals surface area contributed by atoms with Gasteiger partial charge in [-0.25, -0.2) is 0 Å². The molecule has 0 nitrogen and oxygen atoms in total. The first kappa shape index (κ1) is 13.5. The van der Waals surface area contributed by atoms with E-state index in [9.17, 15) is 0 Å². The summed E-state index contributed by atoms with van der Waals surface area (Å²) >= 11 is 8.43. The highest BCUT2D eigenvalue weighted by Gasteiger charge is 1.77. The molecule has 1 aliphatic rings. The van der Waals surface area contributed by atoms with Crippen LogP contribution in [0.4, 0.5) is 0 Å². The summed E-state index contributed by atoms with van der Waals surface area (Å²) in [4.78, 5) is 0. The molecule has 0 atom stereocenters. The molecule has 0 fully saturated rings. The van der Waals surface area contributed by atoms with E-state index in [2.05, 4.69) is 54.1 Å². The first-order valence-electron chi connectivity index (χ1n) is 4.02. The minimum atomic E-state index is 1.69. The average Bonchev–Trinajstić information content (AvgIpc) is 2.27. The van der Waals surface area contributed by atoms with E-state index in [1.54, 1.807) is 58.8 Å². The van der Waals surface area contributed by atoms with Gasteiger partial charge in [0, 0.05) is 0 Å². The van der Waals surface area contributed by atoms with Crippen LogP contribution >= 0.6 is 58.8 Å². The fraction of sp³-hybridized carbons (Fsp3) is 0. The van der Waals surface area contributed by atoms with Gasteiger partial charge in [-0.05, 0) is 54.1 Å². The van der Waals surface area contributed by atoms with Crippen LogP contribution in [0.15, 0.2) is 54.1 Å². The van der Waals surface area contributed by atoms with Gasteiger partial charge in [0.2, 0.25) is 0 Å². The lowest BCUT2D eigenvalue weighted by Crippen LogP contribution is -1.45. The Balaban J connectivity index is 2.41. The summed E-state index contributed by atoms with van der Waals surface area (Å²) in [6.07, 6.45) is 0. The summed E-state index contributed by atoms with van der Waals surface area (Å²) in [7, 11) is 0. The molecule has 0 N–H and O–H groups in total. The zero-order valence-electron chi connectivity index (χ0n) is 7.81. The van der Waals surface area contributed by atoms with Crippen LogP contribution in [-0.4, -0.2) is 0 Å². The van der Waals surface area contributed by atoms with E-state index >= 15 is 0 Å². The highest BCUT2D eigenvalue weighted by atomic mass is 32.2. The first-order valence-corrected chi connectivity index (χ1v) is 8.74. The molecule has 5 heteroatoms. The highest BCUT2D eigenvalue weighted by Crippen LogP contribution is 2.19.